The van der Waals surface area contributed by atoms with Gasteiger partial charge in [-0.25, -0.2) is 13.1 Å². The molecule has 0 aromatic heterocycles. The molecule has 0 atom stereocenters. The molecule has 21 heavy (non-hydrogen) atoms. The highest BCUT2D eigenvalue weighted by Crippen LogP contribution is 2.26. The van der Waals surface area contributed by atoms with Crippen LogP contribution >= 0.6 is 0 Å². The molecule has 4 nitrogen and oxygen atoms in total. The van der Waals surface area contributed by atoms with Gasteiger partial charge in [-0.15, -0.1) is 0 Å². The largest absolute Gasteiger partial charge is 0.392 e. The SMILES string of the molecule is CCNS(=O)(=O)c1ccc(-c2ccc(CO)cc2)c(C)c1. The maximum Gasteiger partial charge on any atom is 0.240 e. The summed E-state index contributed by atoms with van der Waals surface area (Å²) in [7, 11) is -3.43. The summed E-state index contributed by atoms with van der Waals surface area (Å²) in [4.78, 5) is 0.276. The van der Waals surface area contributed by atoms with Gasteiger partial charge in [-0.1, -0.05) is 37.3 Å². The van der Waals surface area contributed by atoms with Crippen LogP contribution in [0.15, 0.2) is 47.4 Å². The van der Waals surface area contributed by atoms with Crippen molar-refractivity contribution >= 4 is 10.0 Å². The zero-order valence-electron chi connectivity index (χ0n) is 12.1. The normalized spacial score (nSPS) is 11.6. The van der Waals surface area contributed by atoms with Crippen LogP contribution in [0.1, 0.15) is 18.1 Å². The smallest absolute Gasteiger partial charge is 0.240 e. The molecule has 0 spiro atoms. The molecule has 0 aliphatic heterocycles. The molecule has 0 heterocycles. The Morgan fingerprint density at radius 2 is 1.76 bits per heavy atom. The number of nitrogens with one attached hydrogen (secondary N) is 1. The van der Waals surface area contributed by atoms with Crippen LogP contribution in [0.3, 0.4) is 0 Å². The quantitative estimate of drug-likeness (QED) is 0.891. The number of benzene rings is 2. The maximum absolute atomic E-state index is 12.0. The van der Waals surface area contributed by atoms with Crippen LogP contribution in [0.4, 0.5) is 0 Å². The van der Waals surface area contributed by atoms with Gasteiger partial charge in [-0.2, -0.15) is 0 Å². The van der Waals surface area contributed by atoms with Gasteiger partial charge >= 0.3 is 0 Å². The molecular weight excluding hydrogens is 286 g/mol. The van der Waals surface area contributed by atoms with Gasteiger partial charge in [0, 0.05) is 6.54 Å². The van der Waals surface area contributed by atoms with Gasteiger partial charge in [0.15, 0.2) is 0 Å². The van der Waals surface area contributed by atoms with E-state index in [2.05, 4.69) is 4.72 Å². The van der Waals surface area contributed by atoms with Gasteiger partial charge in [0.1, 0.15) is 0 Å². The molecule has 0 amide bonds. The number of aryl methyl sites for hydroxylation is 1. The second kappa shape index (κ2) is 6.39. The van der Waals surface area contributed by atoms with E-state index < -0.39 is 10.0 Å². The molecule has 2 N–H and O–H groups in total. The summed E-state index contributed by atoms with van der Waals surface area (Å²) in [6.45, 7) is 4.02. The predicted molar refractivity (Wildman–Crippen MR) is 83.4 cm³/mol. The molecule has 2 aromatic carbocycles. The third-order valence-electron chi connectivity index (χ3n) is 3.29. The Hall–Kier alpha value is -1.69. The molecule has 0 saturated carbocycles. The number of aliphatic hydroxyl groups is 1. The molecule has 0 unspecified atom stereocenters. The second-order valence-electron chi connectivity index (χ2n) is 4.83. The Morgan fingerprint density at radius 1 is 1.10 bits per heavy atom. The van der Waals surface area contributed by atoms with E-state index in [4.69, 9.17) is 5.11 Å². The van der Waals surface area contributed by atoms with Crippen molar-refractivity contribution in [2.24, 2.45) is 0 Å². The summed E-state index contributed by atoms with van der Waals surface area (Å²) >= 11 is 0. The van der Waals surface area contributed by atoms with Gasteiger partial charge in [0.2, 0.25) is 10.0 Å². The summed E-state index contributed by atoms with van der Waals surface area (Å²) in [6, 6.07) is 12.7. The topological polar surface area (TPSA) is 66.4 Å². The summed E-state index contributed by atoms with van der Waals surface area (Å²) in [5, 5.41) is 9.06. The van der Waals surface area contributed by atoms with Crippen molar-refractivity contribution in [1.29, 1.82) is 0 Å². The summed E-state index contributed by atoms with van der Waals surface area (Å²) in [5.41, 5.74) is 3.72. The van der Waals surface area contributed by atoms with Crippen molar-refractivity contribution < 1.29 is 13.5 Å². The number of hydrogen-bond acceptors (Lipinski definition) is 3. The molecule has 112 valence electrons. The van der Waals surface area contributed by atoms with Crippen LogP contribution in [0.25, 0.3) is 11.1 Å². The molecule has 0 bridgehead atoms. The summed E-state index contributed by atoms with van der Waals surface area (Å²) in [6.07, 6.45) is 0. The summed E-state index contributed by atoms with van der Waals surface area (Å²) < 4.78 is 26.4. The van der Waals surface area contributed by atoms with Crippen molar-refractivity contribution in [3.05, 3.63) is 53.6 Å². The first-order valence-corrected chi connectivity index (χ1v) is 8.26. The highest BCUT2D eigenvalue weighted by molar-refractivity contribution is 7.89. The van der Waals surface area contributed by atoms with Crippen molar-refractivity contribution in [3.63, 3.8) is 0 Å². The van der Waals surface area contributed by atoms with Gasteiger partial charge in [-0.3, -0.25) is 0 Å². The lowest BCUT2D eigenvalue weighted by molar-refractivity contribution is 0.282. The van der Waals surface area contributed by atoms with Gasteiger partial charge in [0.25, 0.3) is 0 Å². The van der Waals surface area contributed by atoms with Crippen molar-refractivity contribution in [2.75, 3.05) is 6.54 Å². The Labute approximate surface area is 125 Å². The van der Waals surface area contributed by atoms with E-state index >= 15 is 0 Å². The fraction of sp³-hybridized carbons (Fsp3) is 0.250. The first-order valence-electron chi connectivity index (χ1n) is 6.78. The van der Waals surface area contributed by atoms with Crippen LogP contribution in [0.2, 0.25) is 0 Å². The molecule has 0 fully saturated rings. The van der Waals surface area contributed by atoms with E-state index in [1.165, 1.54) is 0 Å². The molecule has 0 radical (unpaired) electrons. The van der Waals surface area contributed by atoms with Crippen LogP contribution in [-0.2, 0) is 16.6 Å². The Bertz CT molecular complexity index is 722. The van der Waals surface area contributed by atoms with E-state index in [9.17, 15) is 8.42 Å². The van der Waals surface area contributed by atoms with E-state index in [1.54, 1.807) is 19.1 Å². The third-order valence-corrected chi connectivity index (χ3v) is 4.83. The maximum atomic E-state index is 12.0. The molecule has 0 aliphatic carbocycles. The monoisotopic (exact) mass is 305 g/mol. The van der Waals surface area contributed by atoms with Crippen LogP contribution < -0.4 is 4.72 Å². The van der Waals surface area contributed by atoms with Crippen molar-refractivity contribution in [3.8, 4) is 11.1 Å². The lowest BCUT2D eigenvalue weighted by Crippen LogP contribution is -2.23. The molecular formula is C16H19NO3S. The zero-order valence-corrected chi connectivity index (χ0v) is 12.9. The van der Waals surface area contributed by atoms with E-state index in [0.29, 0.717) is 6.54 Å². The van der Waals surface area contributed by atoms with Gasteiger partial charge in [0.05, 0.1) is 11.5 Å². The molecule has 0 saturated heterocycles. The van der Waals surface area contributed by atoms with Crippen LogP contribution in [0.5, 0.6) is 0 Å². The fourth-order valence-corrected chi connectivity index (χ4v) is 3.32. The highest BCUT2D eigenvalue weighted by Gasteiger charge is 2.14. The van der Waals surface area contributed by atoms with Gasteiger partial charge < -0.3 is 5.11 Å². The first kappa shape index (κ1) is 15.7. The minimum atomic E-state index is -3.43. The molecule has 2 rings (SSSR count). The van der Waals surface area contributed by atoms with Crippen LogP contribution in [0, 0.1) is 6.92 Å². The first-order chi connectivity index (χ1) is 9.97. The minimum absolute atomic E-state index is 0.0130. The molecule has 2 aromatic rings. The fourth-order valence-electron chi connectivity index (χ4n) is 2.19. The minimum Gasteiger partial charge on any atom is -0.392 e. The Morgan fingerprint density at radius 3 is 2.29 bits per heavy atom. The average Bonchev–Trinajstić information content (AvgIpc) is 2.47. The molecule has 5 heteroatoms. The number of rotatable bonds is 5. The number of hydrogen-bond donors (Lipinski definition) is 2. The predicted octanol–water partition coefficient (Wildman–Crippen LogP) is 2.45. The average molecular weight is 305 g/mol. The van der Waals surface area contributed by atoms with E-state index in [1.807, 2.05) is 37.3 Å². The van der Waals surface area contributed by atoms with Gasteiger partial charge in [-0.05, 0) is 41.3 Å². The van der Waals surface area contributed by atoms with Crippen molar-refractivity contribution in [2.45, 2.75) is 25.3 Å². The number of aliphatic hydroxyl groups excluding tert-OH is 1. The third kappa shape index (κ3) is 3.50. The second-order valence-corrected chi connectivity index (χ2v) is 6.60. The highest BCUT2D eigenvalue weighted by atomic mass is 32.2. The zero-order chi connectivity index (χ0) is 15.5. The Kier molecular flexibility index (Phi) is 4.77. The number of sulfonamides is 1. The van der Waals surface area contributed by atoms with E-state index in [0.717, 1.165) is 22.3 Å². The lowest BCUT2D eigenvalue weighted by atomic mass is 10.00. The lowest BCUT2D eigenvalue weighted by Gasteiger charge is -2.10. The standard InChI is InChI=1S/C16H19NO3S/c1-3-17-21(19,20)15-8-9-16(12(2)10-15)14-6-4-13(11-18)5-7-14/h4-10,17-18H,3,11H2,1-2H3. The Balaban J connectivity index is 2.39. The van der Waals surface area contributed by atoms with E-state index in [-0.39, 0.29) is 11.5 Å². The van der Waals surface area contributed by atoms with Crippen LogP contribution in [-0.4, -0.2) is 20.1 Å². The van der Waals surface area contributed by atoms with Crippen molar-refractivity contribution in [1.82, 2.24) is 4.72 Å². The molecule has 0 aliphatic rings. The summed E-state index contributed by atoms with van der Waals surface area (Å²) in [5.74, 6) is 0.